The summed E-state index contributed by atoms with van der Waals surface area (Å²) < 4.78 is 17.4. The first-order chi connectivity index (χ1) is 16.1. The Bertz CT molecular complexity index is 1160. The number of hydrogen-bond donors (Lipinski definition) is 1. The first kappa shape index (κ1) is 21.8. The van der Waals surface area contributed by atoms with Crippen molar-refractivity contribution in [3.8, 4) is 5.69 Å². The Morgan fingerprint density at radius 3 is 2.58 bits per heavy atom. The molecule has 1 N–H and O–H groups in total. The highest BCUT2D eigenvalue weighted by molar-refractivity contribution is 5.85. The zero-order valence-corrected chi connectivity index (χ0v) is 19.3. The van der Waals surface area contributed by atoms with Crippen LogP contribution in [0.1, 0.15) is 49.7 Å². The molecule has 172 valence electrons. The topological polar surface area (TPSA) is 49.7 Å². The van der Waals surface area contributed by atoms with Gasteiger partial charge < -0.3 is 9.88 Å². The van der Waals surface area contributed by atoms with E-state index in [4.69, 9.17) is 0 Å². The Labute approximate surface area is 194 Å². The summed E-state index contributed by atoms with van der Waals surface area (Å²) in [7, 11) is 0. The molecule has 2 aromatic heterocycles. The van der Waals surface area contributed by atoms with Crippen LogP contribution in [-0.2, 0) is 6.42 Å². The molecule has 6 heteroatoms. The summed E-state index contributed by atoms with van der Waals surface area (Å²) in [5.74, 6) is 0.475. The van der Waals surface area contributed by atoms with Crippen molar-refractivity contribution in [1.29, 1.82) is 0 Å². The van der Waals surface area contributed by atoms with E-state index >= 15 is 4.39 Å². The monoisotopic (exact) mass is 445 g/mol. The van der Waals surface area contributed by atoms with Gasteiger partial charge in [0.1, 0.15) is 18.3 Å². The van der Waals surface area contributed by atoms with Crippen LogP contribution < -0.4 is 0 Å². The molecular weight excluding hydrogens is 413 g/mol. The third kappa shape index (κ3) is 5.01. The van der Waals surface area contributed by atoms with Gasteiger partial charge in [0.2, 0.25) is 0 Å². The molecule has 33 heavy (non-hydrogen) atoms. The Balaban J connectivity index is 1.14. The molecule has 4 aromatic rings. The van der Waals surface area contributed by atoms with E-state index in [1.165, 1.54) is 16.5 Å². The highest BCUT2D eigenvalue weighted by Crippen LogP contribution is 2.33. The number of alkyl halides is 1. The largest absolute Gasteiger partial charge is 0.361 e. The number of hydrogen-bond acceptors (Lipinski definition) is 3. The molecule has 0 amide bonds. The van der Waals surface area contributed by atoms with Crippen molar-refractivity contribution in [2.75, 3.05) is 19.6 Å². The summed E-state index contributed by atoms with van der Waals surface area (Å²) in [5, 5.41) is 8.98. The van der Waals surface area contributed by atoms with Crippen LogP contribution in [0.2, 0.25) is 0 Å². The van der Waals surface area contributed by atoms with Crippen LogP contribution in [-0.4, -0.2) is 50.0 Å². The second-order valence-electron chi connectivity index (χ2n) is 9.53. The third-order valence-corrected chi connectivity index (χ3v) is 7.19. The number of benzene rings is 2. The normalized spacial score (nSPS) is 17.4. The van der Waals surface area contributed by atoms with E-state index in [0.29, 0.717) is 25.2 Å². The minimum absolute atomic E-state index is 0.475. The van der Waals surface area contributed by atoms with Crippen molar-refractivity contribution in [3.63, 3.8) is 0 Å². The number of likely N-dealkylation sites (tertiary alicyclic amines) is 1. The summed E-state index contributed by atoms with van der Waals surface area (Å²) in [5.41, 5.74) is 3.72. The van der Waals surface area contributed by atoms with Crippen molar-refractivity contribution in [2.24, 2.45) is 0 Å². The van der Waals surface area contributed by atoms with E-state index in [9.17, 15) is 0 Å². The average Bonchev–Trinajstić information content (AvgIpc) is 3.52. The molecule has 1 fully saturated rings. The van der Waals surface area contributed by atoms with Gasteiger partial charge in [-0.2, -0.15) is 0 Å². The molecule has 5 nitrogen and oxygen atoms in total. The Hall–Kier alpha value is -2.99. The van der Waals surface area contributed by atoms with E-state index < -0.39 is 5.67 Å². The smallest absolute Gasteiger partial charge is 0.123 e. The number of aromatic nitrogens is 4. The molecule has 5 rings (SSSR count). The molecule has 1 atom stereocenters. The predicted molar refractivity (Wildman–Crippen MR) is 131 cm³/mol. The first-order valence-electron chi connectivity index (χ1n) is 12.0. The summed E-state index contributed by atoms with van der Waals surface area (Å²) in [6.07, 6.45) is 9.12. The van der Waals surface area contributed by atoms with E-state index in [2.05, 4.69) is 81.7 Å². The maximum absolute atomic E-state index is 15.5. The molecule has 0 spiro atoms. The quantitative estimate of drug-likeness (QED) is 0.380. The van der Waals surface area contributed by atoms with Crippen LogP contribution >= 0.6 is 0 Å². The first-order valence-corrected chi connectivity index (χ1v) is 12.0. The molecule has 1 aliphatic rings. The highest BCUT2D eigenvalue weighted by atomic mass is 19.1. The summed E-state index contributed by atoms with van der Waals surface area (Å²) in [4.78, 5) is 5.79. The fourth-order valence-electron chi connectivity index (χ4n) is 5.12. The summed E-state index contributed by atoms with van der Waals surface area (Å²) in [6, 6.07) is 16.9. The molecule has 1 aliphatic heterocycles. The average molecular weight is 446 g/mol. The molecule has 0 bridgehead atoms. The Morgan fingerprint density at radius 1 is 1.06 bits per heavy atom. The van der Waals surface area contributed by atoms with Crippen LogP contribution in [0, 0.1) is 0 Å². The molecule has 0 radical (unpaired) electrons. The summed E-state index contributed by atoms with van der Waals surface area (Å²) >= 11 is 0. The number of aryl methyl sites for hydroxylation is 1. The molecule has 2 aromatic carbocycles. The number of halogens is 1. The van der Waals surface area contributed by atoms with Gasteiger partial charge in [-0.05, 0) is 67.3 Å². The second kappa shape index (κ2) is 9.48. The SMILES string of the molecule is CC(CN1CCC(F)(CCCc2c[nH]c3ccc(-n4cnnc4)cc23)CC1)c1ccccc1. The number of fused-ring (bicyclic) bond motifs is 1. The highest BCUT2D eigenvalue weighted by Gasteiger charge is 2.34. The molecule has 3 heterocycles. The zero-order valence-electron chi connectivity index (χ0n) is 19.3. The van der Waals surface area contributed by atoms with E-state index in [1.807, 2.05) is 4.57 Å². The Kier molecular flexibility index (Phi) is 6.27. The van der Waals surface area contributed by atoms with Crippen LogP contribution in [0.3, 0.4) is 0 Å². The van der Waals surface area contributed by atoms with E-state index in [1.54, 1.807) is 12.7 Å². The maximum Gasteiger partial charge on any atom is 0.123 e. The summed E-state index contributed by atoms with van der Waals surface area (Å²) in [6.45, 7) is 4.97. The van der Waals surface area contributed by atoms with Crippen molar-refractivity contribution in [3.05, 3.63) is 78.5 Å². The molecule has 0 aliphatic carbocycles. The molecule has 1 saturated heterocycles. The van der Waals surface area contributed by atoms with Gasteiger partial charge >= 0.3 is 0 Å². The van der Waals surface area contributed by atoms with Crippen molar-refractivity contribution >= 4 is 10.9 Å². The van der Waals surface area contributed by atoms with Crippen molar-refractivity contribution < 1.29 is 4.39 Å². The number of aromatic amines is 1. The van der Waals surface area contributed by atoms with Gasteiger partial charge in [-0.1, -0.05) is 37.3 Å². The predicted octanol–water partition coefficient (Wildman–Crippen LogP) is 5.68. The standard InChI is InChI=1S/C27H32FN5/c1-21(22-6-3-2-4-7-22)18-32-14-12-27(28,13-15-32)11-5-8-23-17-29-26-10-9-24(16-25(23)26)33-19-30-31-20-33/h2-4,6-7,9-10,16-17,19-21,29H,5,8,11-15,18H2,1H3. The number of nitrogens with zero attached hydrogens (tertiary/aromatic N) is 4. The lowest BCUT2D eigenvalue weighted by Crippen LogP contribution is -2.43. The lowest BCUT2D eigenvalue weighted by molar-refractivity contribution is 0.0474. The van der Waals surface area contributed by atoms with Gasteiger partial charge in [0, 0.05) is 42.4 Å². The lowest BCUT2D eigenvalue weighted by Gasteiger charge is -2.37. The number of rotatable bonds is 8. The fourth-order valence-corrected chi connectivity index (χ4v) is 5.12. The van der Waals surface area contributed by atoms with Crippen LogP contribution in [0.5, 0.6) is 0 Å². The van der Waals surface area contributed by atoms with Gasteiger partial charge in [0.25, 0.3) is 0 Å². The second-order valence-corrected chi connectivity index (χ2v) is 9.53. The van der Waals surface area contributed by atoms with Gasteiger partial charge in [0.05, 0.1) is 0 Å². The van der Waals surface area contributed by atoms with Gasteiger partial charge in [-0.3, -0.25) is 4.57 Å². The van der Waals surface area contributed by atoms with Crippen molar-refractivity contribution in [1.82, 2.24) is 24.6 Å². The van der Waals surface area contributed by atoms with Crippen LogP contribution in [0.25, 0.3) is 16.6 Å². The van der Waals surface area contributed by atoms with E-state index in [-0.39, 0.29) is 0 Å². The number of piperidine rings is 1. The maximum atomic E-state index is 15.5. The molecule has 1 unspecified atom stereocenters. The van der Waals surface area contributed by atoms with Crippen LogP contribution in [0.4, 0.5) is 4.39 Å². The number of nitrogens with one attached hydrogen (secondary N) is 1. The minimum atomic E-state index is -1.04. The molecule has 0 saturated carbocycles. The zero-order chi connectivity index (χ0) is 22.7. The minimum Gasteiger partial charge on any atom is -0.361 e. The van der Waals surface area contributed by atoms with Gasteiger partial charge in [-0.15, -0.1) is 10.2 Å². The van der Waals surface area contributed by atoms with Crippen molar-refractivity contribution in [2.45, 2.75) is 50.6 Å². The fraction of sp³-hybridized carbons (Fsp3) is 0.407. The van der Waals surface area contributed by atoms with Gasteiger partial charge in [0.15, 0.2) is 0 Å². The van der Waals surface area contributed by atoms with E-state index in [0.717, 1.165) is 43.7 Å². The Morgan fingerprint density at radius 2 is 1.82 bits per heavy atom. The van der Waals surface area contributed by atoms with Gasteiger partial charge in [-0.25, -0.2) is 4.39 Å². The number of H-pyrrole nitrogens is 1. The lowest BCUT2D eigenvalue weighted by atomic mass is 9.87. The molecular formula is C27H32FN5. The van der Waals surface area contributed by atoms with Crippen LogP contribution in [0.15, 0.2) is 67.4 Å². The third-order valence-electron chi connectivity index (χ3n) is 7.19.